The maximum Gasteiger partial charge on any atom is 0.264 e. The smallest absolute Gasteiger partial charge is 0.264 e. The number of aliphatic imine (C=N–C) groups is 1. The van der Waals surface area contributed by atoms with Gasteiger partial charge in [0.25, 0.3) is 6.43 Å². The van der Waals surface area contributed by atoms with E-state index in [0.29, 0.717) is 30.3 Å². The van der Waals surface area contributed by atoms with Gasteiger partial charge in [0.15, 0.2) is 0 Å². The van der Waals surface area contributed by atoms with E-state index in [4.69, 9.17) is 5.73 Å². The number of alkyl halides is 2. The van der Waals surface area contributed by atoms with Crippen LogP contribution in [-0.2, 0) is 11.2 Å². The summed E-state index contributed by atoms with van der Waals surface area (Å²) in [7, 11) is 3.50. The van der Waals surface area contributed by atoms with Gasteiger partial charge in [0.2, 0.25) is 5.91 Å². The third-order valence-corrected chi connectivity index (χ3v) is 7.86. The van der Waals surface area contributed by atoms with Gasteiger partial charge in [-0.2, -0.15) is 0 Å². The number of nitrogens with zero attached hydrogens (tertiary/aromatic N) is 3. The highest BCUT2D eigenvalue weighted by Crippen LogP contribution is 2.38. The fraction of sp³-hybridized carbons (Fsp3) is 0.571. The predicted molar refractivity (Wildman–Crippen MR) is 149 cm³/mol. The van der Waals surface area contributed by atoms with Gasteiger partial charge >= 0.3 is 0 Å². The molecule has 8 nitrogen and oxygen atoms in total. The molecule has 1 aromatic carbocycles. The molecule has 1 atom stereocenters. The third kappa shape index (κ3) is 6.02. The molecule has 3 aliphatic rings. The van der Waals surface area contributed by atoms with Crippen LogP contribution in [0.2, 0.25) is 0 Å². The molecule has 0 saturated carbocycles. The highest BCUT2D eigenvalue weighted by molar-refractivity contribution is 6.10. The van der Waals surface area contributed by atoms with Crippen molar-refractivity contribution in [3.63, 3.8) is 0 Å². The van der Waals surface area contributed by atoms with E-state index in [0.717, 1.165) is 68.6 Å². The Kier molecular flexibility index (Phi) is 9.38. The van der Waals surface area contributed by atoms with E-state index in [1.807, 2.05) is 18.0 Å². The number of likely N-dealkylation sites (N-methyl/N-ethyl adjacent to an activating group) is 1. The second kappa shape index (κ2) is 12.7. The number of carbonyl (C=O) groups is 1. The van der Waals surface area contributed by atoms with E-state index in [-0.39, 0.29) is 17.6 Å². The lowest BCUT2D eigenvalue weighted by atomic mass is 9.91. The van der Waals surface area contributed by atoms with Gasteiger partial charge in [0.1, 0.15) is 6.17 Å². The van der Waals surface area contributed by atoms with Gasteiger partial charge in [-0.15, -0.1) is 0 Å². The lowest BCUT2D eigenvalue weighted by Gasteiger charge is -2.43. The van der Waals surface area contributed by atoms with Crippen LogP contribution in [0, 0.1) is 0 Å². The number of fused-ring (bicyclic) bond motifs is 1. The number of nitrogens with two attached hydrogens (primary N) is 1. The van der Waals surface area contributed by atoms with Crippen LogP contribution in [0.4, 0.5) is 14.5 Å². The molecule has 1 aromatic rings. The number of nitrogens with one attached hydrogen (secondary N) is 3. The standard InChI is InChI=1S/C28H41F2N7O/c1-18(38)36-12-8-25(35-21-6-9-34-10-7-21)24(17-36)28(33-3)37-11-4-5-19-13-22(20(15-31)16-32-2)23(27(29)30)14-26(19)37/h13-16,21,27-28,33-35H,4-12,17,31H2,1-3H3/b20-15+,32-16?. The molecule has 3 heterocycles. The summed E-state index contributed by atoms with van der Waals surface area (Å²) in [6.07, 6.45) is 4.48. The van der Waals surface area contributed by atoms with Crippen molar-refractivity contribution >= 4 is 23.4 Å². The SMILES string of the molecule is CN=C/C(=C\N)c1cc2c(cc1C(F)F)N(C(NC)C1=C(NC3CCNCC3)CCN(C(C)=O)C1)CCC2. The zero-order chi connectivity index (χ0) is 27.2. The maximum atomic E-state index is 14.3. The summed E-state index contributed by atoms with van der Waals surface area (Å²) in [5.41, 5.74) is 10.7. The molecule has 4 rings (SSSR count). The minimum Gasteiger partial charge on any atom is -0.404 e. The van der Waals surface area contributed by atoms with E-state index in [9.17, 15) is 13.6 Å². The van der Waals surface area contributed by atoms with Crippen LogP contribution in [-0.4, -0.2) is 76.0 Å². The number of allylic oxidation sites excluding steroid dienone is 1. The van der Waals surface area contributed by atoms with Crippen LogP contribution in [0.15, 0.2) is 34.6 Å². The molecule has 0 spiro atoms. The zero-order valence-electron chi connectivity index (χ0n) is 22.7. The Hall–Kier alpha value is -2.98. The van der Waals surface area contributed by atoms with E-state index < -0.39 is 6.43 Å². The first kappa shape index (κ1) is 28.0. The number of aryl methyl sites for hydroxylation is 1. The third-order valence-electron chi connectivity index (χ3n) is 7.86. The van der Waals surface area contributed by atoms with Gasteiger partial charge in [-0.25, -0.2) is 8.78 Å². The second-order valence-corrected chi connectivity index (χ2v) is 10.2. The molecular weight excluding hydrogens is 488 g/mol. The van der Waals surface area contributed by atoms with Crippen molar-refractivity contribution < 1.29 is 13.6 Å². The molecule has 208 valence electrons. The van der Waals surface area contributed by atoms with Crippen molar-refractivity contribution in [2.24, 2.45) is 10.7 Å². The maximum absolute atomic E-state index is 14.3. The molecule has 1 fully saturated rings. The van der Waals surface area contributed by atoms with Crippen molar-refractivity contribution in [3.8, 4) is 0 Å². The van der Waals surface area contributed by atoms with E-state index in [1.165, 1.54) is 18.1 Å². The molecule has 0 radical (unpaired) electrons. The number of piperidine rings is 1. The molecule has 1 amide bonds. The van der Waals surface area contributed by atoms with Crippen molar-refractivity contribution in [2.75, 3.05) is 51.7 Å². The first-order chi connectivity index (χ1) is 18.4. The molecule has 10 heteroatoms. The summed E-state index contributed by atoms with van der Waals surface area (Å²) in [6, 6.07) is 3.85. The highest BCUT2D eigenvalue weighted by atomic mass is 19.3. The number of rotatable bonds is 8. The van der Waals surface area contributed by atoms with Crippen molar-refractivity contribution in [3.05, 3.63) is 46.3 Å². The molecular formula is C28H41F2N7O. The average molecular weight is 530 g/mol. The average Bonchev–Trinajstić information content (AvgIpc) is 2.92. The minimum atomic E-state index is -2.66. The summed E-state index contributed by atoms with van der Waals surface area (Å²) in [6.45, 7) is 5.47. The summed E-state index contributed by atoms with van der Waals surface area (Å²) < 4.78 is 28.7. The number of carbonyl (C=O) groups excluding carboxylic acids is 1. The predicted octanol–water partition coefficient (Wildman–Crippen LogP) is 2.77. The quantitative estimate of drug-likeness (QED) is 0.387. The summed E-state index contributed by atoms with van der Waals surface area (Å²) in [5.74, 6) is 0.0423. The fourth-order valence-electron chi connectivity index (χ4n) is 5.92. The Morgan fingerprint density at radius 1 is 1.24 bits per heavy atom. The molecule has 0 bridgehead atoms. The number of amides is 1. The molecule has 5 N–H and O–H groups in total. The highest BCUT2D eigenvalue weighted by Gasteiger charge is 2.33. The largest absolute Gasteiger partial charge is 0.404 e. The van der Waals surface area contributed by atoms with Crippen molar-refractivity contribution in [1.29, 1.82) is 0 Å². The molecule has 1 unspecified atom stereocenters. The number of hydrogen-bond donors (Lipinski definition) is 4. The Morgan fingerprint density at radius 2 is 2.00 bits per heavy atom. The second-order valence-electron chi connectivity index (χ2n) is 10.2. The van der Waals surface area contributed by atoms with E-state index in [2.05, 4.69) is 25.8 Å². The zero-order valence-corrected chi connectivity index (χ0v) is 22.7. The summed E-state index contributed by atoms with van der Waals surface area (Å²) in [5, 5.41) is 10.7. The Morgan fingerprint density at radius 3 is 2.63 bits per heavy atom. The molecule has 0 aliphatic carbocycles. The summed E-state index contributed by atoms with van der Waals surface area (Å²) >= 11 is 0. The molecule has 0 aromatic heterocycles. The number of hydrogen-bond acceptors (Lipinski definition) is 7. The van der Waals surface area contributed by atoms with Crippen LogP contribution >= 0.6 is 0 Å². The lowest BCUT2D eigenvalue weighted by Crippen LogP contribution is -2.53. The van der Waals surface area contributed by atoms with Gasteiger partial charge in [-0.05, 0) is 69.1 Å². The molecule has 1 saturated heterocycles. The topological polar surface area (TPSA) is 98.0 Å². The van der Waals surface area contributed by atoms with Gasteiger partial charge in [-0.3, -0.25) is 15.1 Å². The fourth-order valence-corrected chi connectivity index (χ4v) is 5.92. The van der Waals surface area contributed by atoms with Crippen LogP contribution in [0.1, 0.15) is 55.7 Å². The van der Waals surface area contributed by atoms with Gasteiger partial charge < -0.3 is 26.2 Å². The number of halogens is 2. The van der Waals surface area contributed by atoms with Gasteiger partial charge in [0, 0.05) is 86.6 Å². The van der Waals surface area contributed by atoms with Gasteiger partial charge in [-0.1, -0.05) is 0 Å². The normalized spacial score (nSPS) is 20.3. The van der Waals surface area contributed by atoms with Gasteiger partial charge in [0.05, 0.1) is 0 Å². The number of anilines is 1. The van der Waals surface area contributed by atoms with Crippen molar-refractivity contribution in [1.82, 2.24) is 20.9 Å². The Balaban J connectivity index is 1.76. The summed E-state index contributed by atoms with van der Waals surface area (Å²) in [4.78, 5) is 20.4. The van der Waals surface area contributed by atoms with Crippen LogP contribution in [0.5, 0.6) is 0 Å². The lowest BCUT2D eigenvalue weighted by molar-refractivity contribution is -0.128. The van der Waals surface area contributed by atoms with E-state index >= 15 is 0 Å². The number of benzene rings is 1. The molecule has 38 heavy (non-hydrogen) atoms. The van der Waals surface area contributed by atoms with E-state index in [1.54, 1.807) is 20.0 Å². The monoisotopic (exact) mass is 529 g/mol. The Labute approximate surface area is 224 Å². The van der Waals surface area contributed by atoms with Crippen LogP contribution in [0.3, 0.4) is 0 Å². The molecule has 3 aliphatic heterocycles. The first-order valence-electron chi connectivity index (χ1n) is 13.6. The van der Waals surface area contributed by atoms with Crippen LogP contribution in [0.25, 0.3) is 5.57 Å². The van der Waals surface area contributed by atoms with Crippen molar-refractivity contribution in [2.45, 2.75) is 57.7 Å². The Bertz CT molecular complexity index is 1090. The minimum absolute atomic E-state index is 0.0423. The van der Waals surface area contributed by atoms with Crippen LogP contribution < -0.4 is 26.6 Å². The first-order valence-corrected chi connectivity index (χ1v) is 13.6.